The van der Waals surface area contributed by atoms with Gasteiger partial charge in [0, 0.05) is 25.7 Å². The van der Waals surface area contributed by atoms with E-state index < -0.39 is 0 Å². The molecule has 1 unspecified atom stereocenters. The molecule has 1 heteroatoms. The van der Waals surface area contributed by atoms with Gasteiger partial charge in [-0.25, -0.2) is 0 Å². The lowest BCUT2D eigenvalue weighted by Gasteiger charge is -2.22. The maximum atomic E-state index is 2.46. The summed E-state index contributed by atoms with van der Waals surface area (Å²) >= 11 is 0. The van der Waals surface area contributed by atoms with Gasteiger partial charge in [0.1, 0.15) is 0 Å². The molecule has 0 radical (unpaired) electrons. The molecule has 0 aliphatic rings. The molecule has 0 N–H and O–H groups in total. The van der Waals surface area contributed by atoms with E-state index in [1.807, 2.05) is 0 Å². The highest BCUT2D eigenvalue weighted by Crippen LogP contribution is 2.18. The van der Waals surface area contributed by atoms with Crippen LogP contribution in [0.4, 0.5) is 0 Å². The smallest absolute Gasteiger partial charge is 0.0171 e. The normalized spacial score (nSPS) is 14.1. The van der Waals surface area contributed by atoms with Gasteiger partial charge in [0.15, 0.2) is 0 Å². The standard InChI is InChI=1S/C20H39N/c1-7-10-11-12-17-21(6)20(14-8-2)16-13-15-19(9-3)18(4)5/h13-15,18-19H,7-12,16-17H2,1-6H3/b15-13-,20-14?. The average Bonchev–Trinajstić information content (AvgIpc) is 2.46. The van der Waals surface area contributed by atoms with E-state index in [1.165, 1.54) is 44.3 Å². The van der Waals surface area contributed by atoms with Crippen LogP contribution in [0.25, 0.3) is 0 Å². The molecule has 0 aromatic carbocycles. The molecule has 0 bridgehead atoms. The number of unbranched alkanes of at least 4 members (excludes halogenated alkanes) is 3. The summed E-state index contributed by atoms with van der Waals surface area (Å²) in [5, 5.41) is 0. The summed E-state index contributed by atoms with van der Waals surface area (Å²) in [5.41, 5.74) is 1.49. The Morgan fingerprint density at radius 1 is 1.05 bits per heavy atom. The van der Waals surface area contributed by atoms with Gasteiger partial charge >= 0.3 is 0 Å². The van der Waals surface area contributed by atoms with Crippen LogP contribution in [-0.2, 0) is 0 Å². The van der Waals surface area contributed by atoms with Crippen LogP contribution in [0.3, 0.4) is 0 Å². The van der Waals surface area contributed by atoms with E-state index in [2.05, 4.69) is 64.8 Å². The van der Waals surface area contributed by atoms with Crippen LogP contribution < -0.4 is 0 Å². The van der Waals surface area contributed by atoms with E-state index in [0.717, 1.165) is 24.7 Å². The van der Waals surface area contributed by atoms with E-state index in [0.29, 0.717) is 0 Å². The summed E-state index contributed by atoms with van der Waals surface area (Å²) in [7, 11) is 2.25. The lowest BCUT2D eigenvalue weighted by Crippen LogP contribution is -2.19. The second kappa shape index (κ2) is 13.0. The van der Waals surface area contributed by atoms with E-state index in [1.54, 1.807) is 0 Å². The molecule has 0 spiro atoms. The van der Waals surface area contributed by atoms with Crippen LogP contribution in [0.1, 0.15) is 79.6 Å². The molecular weight excluding hydrogens is 254 g/mol. The zero-order valence-electron chi connectivity index (χ0n) is 15.5. The van der Waals surface area contributed by atoms with Crippen LogP contribution >= 0.6 is 0 Å². The van der Waals surface area contributed by atoms with Crippen molar-refractivity contribution in [2.75, 3.05) is 13.6 Å². The first kappa shape index (κ1) is 20.3. The van der Waals surface area contributed by atoms with Crippen molar-refractivity contribution in [3.05, 3.63) is 23.9 Å². The average molecular weight is 294 g/mol. The lowest BCUT2D eigenvalue weighted by atomic mass is 9.92. The molecule has 1 atom stereocenters. The number of hydrogen-bond acceptors (Lipinski definition) is 1. The van der Waals surface area contributed by atoms with E-state index in [9.17, 15) is 0 Å². The van der Waals surface area contributed by atoms with E-state index in [-0.39, 0.29) is 0 Å². The Kier molecular flexibility index (Phi) is 12.5. The fraction of sp³-hybridized carbons (Fsp3) is 0.800. The van der Waals surface area contributed by atoms with Crippen molar-refractivity contribution < 1.29 is 0 Å². The van der Waals surface area contributed by atoms with Crippen molar-refractivity contribution in [3.8, 4) is 0 Å². The maximum absolute atomic E-state index is 2.46. The van der Waals surface area contributed by atoms with Crippen LogP contribution in [0.15, 0.2) is 23.9 Å². The highest BCUT2D eigenvalue weighted by atomic mass is 15.1. The lowest BCUT2D eigenvalue weighted by molar-refractivity contribution is 0.390. The van der Waals surface area contributed by atoms with Crippen LogP contribution in [-0.4, -0.2) is 18.5 Å². The van der Waals surface area contributed by atoms with Crippen LogP contribution in [0.2, 0.25) is 0 Å². The molecule has 124 valence electrons. The molecule has 0 aliphatic carbocycles. The van der Waals surface area contributed by atoms with Crippen molar-refractivity contribution in [2.45, 2.75) is 79.6 Å². The second-order valence-corrected chi connectivity index (χ2v) is 6.53. The number of hydrogen-bond donors (Lipinski definition) is 0. The van der Waals surface area contributed by atoms with Crippen LogP contribution in [0.5, 0.6) is 0 Å². The fourth-order valence-corrected chi connectivity index (χ4v) is 2.74. The predicted octanol–water partition coefficient (Wildman–Crippen LogP) is 6.42. The SMILES string of the molecule is CCC=C(C/C=C\C(CC)C(C)C)N(C)CCCCCC. The summed E-state index contributed by atoms with van der Waals surface area (Å²) < 4.78 is 0. The second-order valence-electron chi connectivity index (χ2n) is 6.53. The fourth-order valence-electron chi connectivity index (χ4n) is 2.74. The third-order valence-electron chi connectivity index (χ3n) is 4.32. The predicted molar refractivity (Wildman–Crippen MR) is 97.5 cm³/mol. The Morgan fingerprint density at radius 3 is 2.29 bits per heavy atom. The quantitative estimate of drug-likeness (QED) is 0.296. The van der Waals surface area contributed by atoms with Crippen LogP contribution in [0, 0.1) is 11.8 Å². The molecule has 0 saturated heterocycles. The van der Waals surface area contributed by atoms with Crippen molar-refractivity contribution in [3.63, 3.8) is 0 Å². The van der Waals surface area contributed by atoms with Gasteiger partial charge in [-0.1, -0.05) is 72.1 Å². The minimum absolute atomic E-state index is 0.725. The third kappa shape index (κ3) is 9.77. The summed E-state index contributed by atoms with van der Waals surface area (Å²) in [4.78, 5) is 2.46. The topological polar surface area (TPSA) is 3.24 Å². The van der Waals surface area contributed by atoms with Gasteiger partial charge in [-0.15, -0.1) is 0 Å². The Hall–Kier alpha value is -0.720. The first-order chi connectivity index (χ1) is 10.1. The van der Waals surface area contributed by atoms with Gasteiger partial charge in [0.05, 0.1) is 0 Å². The van der Waals surface area contributed by atoms with Gasteiger partial charge in [-0.2, -0.15) is 0 Å². The molecule has 0 aliphatic heterocycles. The van der Waals surface area contributed by atoms with Gasteiger partial charge in [0.25, 0.3) is 0 Å². The largest absolute Gasteiger partial charge is 0.378 e. The first-order valence-electron chi connectivity index (χ1n) is 9.13. The Labute approximate surface area is 134 Å². The molecule has 0 heterocycles. The summed E-state index contributed by atoms with van der Waals surface area (Å²) in [6, 6.07) is 0. The number of allylic oxidation sites excluding steroid dienone is 3. The monoisotopic (exact) mass is 293 g/mol. The zero-order chi connectivity index (χ0) is 16.1. The van der Waals surface area contributed by atoms with Gasteiger partial charge < -0.3 is 4.90 Å². The Bertz CT molecular complexity index is 288. The summed E-state index contributed by atoms with van der Waals surface area (Å²) in [5.74, 6) is 1.47. The molecule has 1 nitrogen and oxygen atoms in total. The van der Waals surface area contributed by atoms with E-state index in [4.69, 9.17) is 0 Å². The molecule has 0 saturated carbocycles. The molecule has 0 rings (SSSR count). The van der Waals surface area contributed by atoms with Gasteiger partial charge in [0.2, 0.25) is 0 Å². The van der Waals surface area contributed by atoms with Crippen molar-refractivity contribution in [1.29, 1.82) is 0 Å². The minimum atomic E-state index is 0.725. The van der Waals surface area contributed by atoms with Gasteiger partial charge in [-0.05, 0) is 31.1 Å². The summed E-state index contributed by atoms with van der Waals surface area (Å²) in [6.07, 6.45) is 16.0. The molecule has 0 fully saturated rings. The van der Waals surface area contributed by atoms with Crippen molar-refractivity contribution in [2.24, 2.45) is 11.8 Å². The number of rotatable bonds is 12. The van der Waals surface area contributed by atoms with E-state index >= 15 is 0 Å². The molecule has 0 aromatic rings. The Balaban J connectivity index is 4.35. The van der Waals surface area contributed by atoms with Crippen molar-refractivity contribution in [1.82, 2.24) is 4.90 Å². The van der Waals surface area contributed by atoms with Gasteiger partial charge in [-0.3, -0.25) is 0 Å². The molecule has 0 aromatic heterocycles. The Morgan fingerprint density at radius 2 is 1.76 bits per heavy atom. The molecule has 0 amide bonds. The first-order valence-corrected chi connectivity index (χ1v) is 9.13. The summed E-state index contributed by atoms with van der Waals surface area (Å²) in [6.45, 7) is 12.6. The third-order valence-corrected chi connectivity index (χ3v) is 4.32. The maximum Gasteiger partial charge on any atom is 0.0171 e. The zero-order valence-corrected chi connectivity index (χ0v) is 15.5. The molecule has 21 heavy (non-hydrogen) atoms. The highest BCUT2D eigenvalue weighted by molar-refractivity contribution is 5.07. The molecular formula is C20H39N. The highest BCUT2D eigenvalue weighted by Gasteiger charge is 2.07. The van der Waals surface area contributed by atoms with Crippen molar-refractivity contribution >= 4 is 0 Å². The minimum Gasteiger partial charge on any atom is -0.378 e. The number of nitrogens with zero attached hydrogens (tertiary/aromatic N) is 1.